The molecule has 0 aliphatic carbocycles. The molecule has 1 heterocycles. The Balaban J connectivity index is 2.10. The molecule has 26 heavy (non-hydrogen) atoms. The Morgan fingerprint density at radius 1 is 1.12 bits per heavy atom. The fraction of sp³-hybridized carbons (Fsp3) is 0.333. The lowest BCUT2D eigenvalue weighted by Crippen LogP contribution is -2.48. The van der Waals surface area contributed by atoms with Crippen LogP contribution in [0.15, 0.2) is 47.4 Å². The number of methoxy groups -OCH3 is 2. The van der Waals surface area contributed by atoms with Crippen molar-refractivity contribution in [2.75, 3.05) is 33.9 Å². The van der Waals surface area contributed by atoms with Crippen molar-refractivity contribution in [2.24, 2.45) is 0 Å². The van der Waals surface area contributed by atoms with Crippen LogP contribution in [-0.4, -0.2) is 46.6 Å². The maximum absolute atomic E-state index is 13.5. The minimum absolute atomic E-state index is 0.0407. The number of sulfonamides is 1. The maximum Gasteiger partial charge on any atom is 0.251 e. The molecule has 1 fully saturated rings. The number of nitrogens with zero attached hydrogens (tertiary/aromatic N) is 1. The molecule has 0 aromatic heterocycles. The SMILES string of the molecule is COc1cccc(OC)c1S(=O)(=O)N1CCNCC1c1cccc(Cl)c1. The predicted octanol–water partition coefficient (Wildman–Crippen LogP) is 2.69. The van der Waals surface area contributed by atoms with Crippen LogP contribution in [0.25, 0.3) is 0 Å². The zero-order valence-corrected chi connectivity index (χ0v) is 16.2. The molecule has 0 bridgehead atoms. The van der Waals surface area contributed by atoms with E-state index >= 15 is 0 Å². The van der Waals surface area contributed by atoms with Crippen molar-refractivity contribution in [3.63, 3.8) is 0 Å². The maximum atomic E-state index is 13.5. The monoisotopic (exact) mass is 396 g/mol. The molecule has 1 saturated heterocycles. The highest BCUT2D eigenvalue weighted by Gasteiger charge is 2.38. The van der Waals surface area contributed by atoms with Crippen molar-refractivity contribution in [1.82, 2.24) is 9.62 Å². The third kappa shape index (κ3) is 3.53. The molecule has 8 heteroatoms. The summed E-state index contributed by atoms with van der Waals surface area (Å²) in [7, 11) is -0.969. The first-order chi connectivity index (χ1) is 12.5. The summed E-state index contributed by atoms with van der Waals surface area (Å²) in [5.74, 6) is 0.514. The first kappa shape index (κ1) is 19.0. The van der Waals surface area contributed by atoms with Crippen LogP contribution in [0.5, 0.6) is 11.5 Å². The van der Waals surface area contributed by atoms with E-state index in [9.17, 15) is 8.42 Å². The summed E-state index contributed by atoms with van der Waals surface area (Å²) in [6.07, 6.45) is 0. The molecule has 3 rings (SSSR count). The lowest BCUT2D eigenvalue weighted by Gasteiger charge is -2.36. The highest BCUT2D eigenvalue weighted by Crippen LogP contribution is 2.38. The standard InChI is InChI=1S/C18H21ClN2O4S/c1-24-16-7-4-8-17(25-2)18(16)26(22,23)21-10-9-20-12-15(21)13-5-3-6-14(19)11-13/h3-8,11,15,20H,9-10,12H2,1-2H3. The van der Waals surface area contributed by atoms with Gasteiger partial charge in [-0.3, -0.25) is 0 Å². The van der Waals surface area contributed by atoms with Gasteiger partial charge in [0.15, 0.2) is 4.90 Å². The fourth-order valence-corrected chi connectivity index (χ4v) is 5.27. The van der Waals surface area contributed by atoms with Crippen molar-refractivity contribution in [3.8, 4) is 11.5 Å². The molecule has 1 aliphatic rings. The molecule has 6 nitrogen and oxygen atoms in total. The van der Waals surface area contributed by atoms with Gasteiger partial charge in [0.05, 0.1) is 20.3 Å². The summed E-state index contributed by atoms with van der Waals surface area (Å²) in [6.45, 7) is 1.39. The number of rotatable bonds is 5. The number of benzene rings is 2. The van der Waals surface area contributed by atoms with Crippen molar-refractivity contribution >= 4 is 21.6 Å². The molecule has 0 saturated carbocycles. The number of ether oxygens (including phenoxy) is 2. The molecule has 2 aromatic rings. The van der Waals surface area contributed by atoms with E-state index in [1.807, 2.05) is 12.1 Å². The van der Waals surface area contributed by atoms with Gasteiger partial charge in [-0.25, -0.2) is 8.42 Å². The van der Waals surface area contributed by atoms with Gasteiger partial charge in [0.1, 0.15) is 11.5 Å². The molecule has 0 radical (unpaired) electrons. The second-order valence-electron chi connectivity index (χ2n) is 5.88. The summed E-state index contributed by atoms with van der Waals surface area (Å²) in [5.41, 5.74) is 0.835. The Bertz CT molecular complexity index is 866. The molecule has 0 amide bonds. The molecular formula is C18H21ClN2O4S. The van der Waals surface area contributed by atoms with Crippen LogP contribution >= 0.6 is 11.6 Å². The van der Waals surface area contributed by atoms with E-state index in [-0.39, 0.29) is 22.4 Å². The second kappa shape index (κ2) is 7.84. The Morgan fingerprint density at radius 2 is 1.77 bits per heavy atom. The molecule has 0 spiro atoms. The van der Waals surface area contributed by atoms with E-state index in [0.717, 1.165) is 5.56 Å². The Labute approximate surface area is 158 Å². The predicted molar refractivity (Wildman–Crippen MR) is 101 cm³/mol. The Hall–Kier alpha value is -1.80. The van der Waals surface area contributed by atoms with E-state index in [0.29, 0.717) is 24.7 Å². The number of piperazine rings is 1. The van der Waals surface area contributed by atoms with E-state index in [1.54, 1.807) is 30.3 Å². The van der Waals surface area contributed by atoms with Crippen molar-refractivity contribution in [1.29, 1.82) is 0 Å². The third-order valence-corrected chi connectivity index (χ3v) is 6.58. The zero-order valence-electron chi connectivity index (χ0n) is 14.6. The summed E-state index contributed by atoms with van der Waals surface area (Å²) in [6, 6.07) is 11.8. The number of hydrogen-bond acceptors (Lipinski definition) is 5. The van der Waals surface area contributed by atoms with Crippen molar-refractivity contribution in [3.05, 3.63) is 53.1 Å². The highest BCUT2D eigenvalue weighted by molar-refractivity contribution is 7.89. The lowest BCUT2D eigenvalue weighted by atomic mass is 10.1. The topological polar surface area (TPSA) is 67.9 Å². The van der Waals surface area contributed by atoms with Gasteiger partial charge in [-0.1, -0.05) is 29.8 Å². The minimum atomic E-state index is -3.86. The van der Waals surface area contributed by atoms with Crippen molar-refractivity contribution in [2.45, 2.75) is 10.9 Å². The quantitative estimate of drug-likeness (QED) is 0.841. The smallest absolute Gasteiger partial charge is 0.251 e. The van der Waals surface area contributed by atoms with E-state index < -0.39 is 10.0 Å². The lowest BCUT2D eigenvalue weighted by molar-refractivity contribution is 0.268. The Morgan fingerprint density at radius 3 is 2.38 bits per heavy atom. The van der Waals surface area contributed by atoms with Gasteiger partial charge in [-0.15, -0.1) is 0 Å². The third-order valence-electron chi connectivity index (χ3n) is 4.38. The molecule has 1 N–H and O–H groups in total. The average molecular weight is 397 g/mol. The molecule has 140 valence electrons. The highest BCUT2D eigenvalue weighted by atomic mass is 35.5. The largest absolute Gasteiger partial charge is 0.495 e. The van der Waals surface area contributed by atoms with Crippen LogP contribution in [0, 0.1) is 0 Å². The molecule has 1 unspecified atom stereocenters. The molecule has 1 atom stereocenters. The van der Waals surface area contributed by atoms with Crippen LogP contribution in [0.1, 0.15) is 11.6 Å². The summed E-state index contributed by atoms with van der Waals surface area (Å²) < 4.78 is 39.1. The van der Waals surface area contributed by atoms with Crippen LogP contribution in [0.3, 0.4) is 0 Å². The molecular weight excluding hydrogens is 376 g/mol. The van der Waals surface area contributed by atoms with Gasteiger partial charge < -0.3 is 14.8 Å². The van der Waals surface area contributed by atoms with Crippen LogP contribution in [0.4, 0.5) is 0 Å². The molecule has 2 aromatic carbocycles. The normalized spacial score (nSPS) is 18.5. The van der Waals surface area contributed by atoms with Crippen molar-refractivity contribution < 1.29 is 17.9 Å². The van der Waals surface area contributed by atoms with Gasteiger partial charge in [-0.2, -0.15) is 4.31 Å². The number of hydrogen-bond donors (Lipinski definition) is 1. The summed E-state index contributed by atoms with van der Waals surface area (Å²) in [5, 5.41) is 3.82. The van der Waals surface area contributed by atoms with Crippen LogP contribution in [0.2, 0.25) is 5.02 Å². The summed E-state index contributed by atoms with van der Waals surface area (Å²) >= 11 is 6.11. The van der Waals surface area contributed by atoms with Gasteiger partial charge in [0, 0.05) is 24.7 Å². The zero-order chi connectivity index (χ0) is 18.7. The second-order valence-corrected chi connectivity index (χ2v) is 8.15. The van der Waals surface area contributed by atoms with Crippen LogP contribution < -0.4 is 14.8 Å². The van der Waals surface area contributed by atoms with Gasteiger partial charge in [0.2, 0.25) is 0 Å². The van der Waals surface area contributed by atoms with Gasteiger partial charge in [0.25, 0.3) is 10.0 Å². The Kier molecular flexibility index (Phi) is 5.72. The number of nitrogens with one attached hydrogen (secondary N) is 1. The van der Waals surface area contributed by atoms with Gasteiger partial charge in [-0.05, 0) is 29.8 Å². The average Bonchev–Trinajstić information content (AvgIpc) is 2.67. The van der Waals surface area contributed by atoms with E-state index in [4.69, 9.17) is 21.1 Å². The van der Waals surface area contributed by atoms with Crippen LogP contribution in [-0.2, 0) is 10.0 Å². The summed E-state index contributed by atoms with van der Waals surface area (Å²) in [4.78, 5) is 0.0407. The van der Waals surface area contributed by atoms with E-state index in [2.05, 4.69) is 5.32 Å². The fourth-order valence-electron chi connectivity index (χ4n) is 3.16. The first-order valence-electron chi connectivity index (χ1n) is 8.18. The van der Waals surface area contributed by atoms with Gasteiger partial charge >= 0.3 is 0 Å². The molecule has 1 aliphatic heterocycles. The number of halogens is 1. The minimum Gasteiger partial charge on any atom is -0.495 e. The first-order valence-corrected chi connectivity index (χ1v) is 10.00. The van der Waals surface area contributed by atoms with E-state index in [1.165, 1.54) is 18.5 Å².